The monoisotopic (exact) mass is 1620 g/mol. The number of esters is 6. The fourth-order valence-electron chi connectivity index (χ4n) is 9.38. The van der Waals surface area contributed by atoms with Gasteiger partial charge in [-0.25, -0.2) is 18.9 Å². The number of phosphoric acid groups is 1. The highest BCUT2D eigenvalue weighted by Crippen LogP contribution is 2.50. The van der Waals surface area contributed by atoms with Gasteiger partial charge in [0.15, 0.2) is 49.9 Å². The minimum absolute atomic E-state index is 0.0232. The van der Waals surface area contributed by atoms with Crippen LogP contribution in [0.15, 0.2) is 36.5 Å². The fourth-order valence-corrected chi connectivity index (χ4v) is 39.7. The zero-order valence-corrected chi connectivity index (χ0v) is 77.0. The van der Waals surface area contributed by atoms with Crippen molar-refractivity contribution in [1.82, 2.24) is 0 Å². The van der Waals surface area contributed by atoms with E-state index in [2.05, 4.69) is 147 Å². The highest BCUT2D eigenvalue weighted by molar-refractivity contribution is 7.53. The standard InChI is InChI=1S/C34H71O13PSi4.C15H36O5Si4.C8H15O6P.C7H10O3/c1-17-19-33(4,30(36)41-20-22-48(38,39-6)40-7)27-34(5,26-32(3,18-2)29(35)44-25-28-24-43-28)31(37)42-21-23-52(45-49(8,9)10,46-50(11,12)13)47-51(14,15)16;1-14(2)15(16)17-12-13-24(18-21(3,4)5,19-22(6,7)8)20-23(9,10)11;1-7(2)8(9)13-5-6-14-15(10,11-3)12-4;1-5(2)7(8)10-4-6-3-9-6/h28H,17-27H2,1-16H3;1,12-13H2,2-11H3;1,5-6H2,2-4H3;6H,1,3-4H2,2H3. The molecule has 2 aliphatic rings. The second-order valence-electron chi connectivity index (χ2n) is 31.6. The summed E-state index contributed by atoms with van der Waals surface area (Å²) in [6, 6.07) is 0.764. The molecule has 0 radical (unpaired) electrons. The number of phosphoric ester groups is 1. The molecule has 101 heavy (non-hydrogen) atoms. The van der Waals surface area contributed by atoms with E-state index in [-0.39, 0.29) is 94.4 Å². The average Bonchev–Trinajstić information content (AvgIpc) is 1.36. The third kappa shape index (κ3) is 45.9. The van der Waals surface area contributed by atoms with E-state index in [9.17, 15) is 37.9 Å². The van der Waals surface area contributed by atoms with E-state index in [0.29, 0.717) is 56.3 Å². The summed E-state index contributed by atoms with van der Waals surface area (Å²) in [5.74, 6) is -2.80. The molecule has 27 nitrogen and oxygen atoms in total. The lowest BCUT2D eigenvalue weighted by Crippen LogP contribution is -2.61. The van der Waals surface area contributed by atoms with E-state index in [1.807, 2.05) is 13.8 Å². The Morgan fingerprint density at radius 3 is 1.05 bits per heavy atom. The van der Waals surface area contributed by atoms with Gasteiger partial charge in [0.1, 0.15) is 38.6 Å². The molecule has 0 amide bonds. The van der Waals surface area contributed by atoms with Gasteiger partial charge in [0.2, 0.25) is 0 Å². The molecule has 37 heteroatoms. The molecule has 0 aromatic rings. The van der Waals surface area contributed by atoms with Crippen LogP contribution in [-0.4, -0.2) is 210 Å². The summed E-state index contributed by atoms with van der Waals surface area (Å²) >= 11 is 0. The third-order valence-electron chi connectivity index (χ3n) is 13.5. The van der Waals surface area contributed by atoms with Crippen LogP contribution in [0, 0.1) is 16.2 Å². The lowest BCUT2D eigenvalue weighted by molar-refractivity contribution is -0.169. The summed E-state index contributed by atoms with van der Waals surface area (Å²) in [6.07, 6.45) is 1.37. The van der Waals surface area contributed by atoms with Gasteiger partial charge in [-0.05, 0) is 185 Å². The van der Waals surface area contributed by atoms with Gasteiger partial charge in [-0.3, -0.25) is 32.5 Å². The minimum atomic E-state index is -3.48. The van der Waals surface area contributed by atoms with Crippen molar-refractivity contribution >= 4 is 119 Å². The van der Waals surface area contributed by atoms with E-state index in [4.69, 9.17) is 76.2 Å². The van der Waals surface area contributed by atoms with E-state index < -0.39 is 123 Å². The van der Waals surface area contributed by atoms with Crippen LogP contribution in [0.3, 0.4) is 0 Å². The molecule has 5 unspecified atom stereocenters. The van der Waals surface area contributed by atoms with Crippen LogP contribution in [0.1, 0.15) is 87.5 Å². The van der Waals surface area contributed by atoms with Crippen LogP contribution in [0.4, 0.5) is 0 Å². The molecule has 0 spiro atoms. The van der Waals surface area contributed by atoms with Crippen molar-refractivity contribution in [3.8, 4) is 0 Å². The van der Waals surface area contributed by atoms with E-state index in [0.717, 1.165) is 0 Å². The van der Waals surface area contributed by atoms with Gasteiger partial charge in [0.25, 0.3) is 0 Å². The van der Waals surface area contributed by atoms with Crippen LogP contribution in [0.5, 0.6) is 0 Å². The first-order chi connectivity index (χ1) is 45.6. The summed E-state index contributed by atoms with van der Waals surface area (Å²) in [5, 5.41) is 0. The van der Waals surface area contributed by atoms with Crippen molar-refractivity contribution in [1.29, 1.82) is 0 Å². The first-order valence-corrected chi connectivity index (χ1v) is 61.6. The predicted octanol–water partition coefficient (Wildman–Crippen LogP) is 14.6. The maximum absolute atomic E-state index is 14.5. The Morgan fingerprint density at radius 2 is 0.733 bits per heavy atom. The first-order valence-electron chi connectivity index (χ1n) is 34.1. The normalized spacial score (nSPS) is 17.0. The van der Waals surface area contributed by atoms with Crippen LogP contribution in [0.25, 0.3) is 0 Å². The lowest BCUT2D eigenvalue weighted by Gasteiger charge is -2.43. The predicted molar refractivity (Wildman–Crippen MR) is 410 cm³/mol. The topological polar surface area (TPSA) is 319 Å². The molecule has 2 heterocycles. The average molecular weight is 1620 g/mol. The Hall–Kier alpha value is -2.28. The molecule has 2 saturated heterocycles. The molecule has 0 aromatic heterocycles. The largest absolute Gasteiger partial charge is 0.474 e. The van der Waals surface area contributed by atoms with E-state index in [1.165, 1.54) is 35.4 Å². The van der Waals surface area contributed by atoms with Crippen LogP contribution >= 0.6 is 15.4 Å². The first kappa shape index (κ1) is 101. The Balaban J connectivity index is 0. The fraction of sp³-hybridized carbons (Fsp3) is 0.812. The second kappa shape index (κ2) is 43.6. The second-order valence-corrected chi connectivity index (χ2v) is 69.9. The lowest BCUT2D eigenvalue weighted by atomic mass is 9.63. The van der Waals surface area contributed by atoms with Crippen molar-refractivity contribution in [2.75, 3.05) is 94.1 Å². The SMILES string of the molecule is C=C(C)C(=O)OCC1CO1.C=C(C)C(=O)OCCOP(=O)(OC)OC.C=C(C)C(=O)OCC[Si](O[Si](C)(C)C)(O[Si](C)(C)C)O[Si](C)(C)C.CCCC(C)(CC(C)(CC(C)(CC)C(=O)OCC1CO1)C(=O)OCC[Si](O[Si](C)(C)C)(O[Si](C)(C)C)O[Si](C)(C)C)C(=O)OCCP(=O)(OC)OC. The van der Waals surface area contributed by atoms with Crippen molar-refractivity contribution < 1.29 is 123 Å². The molecule has 2 rings (SSSR count). The number of carbonyl (C=O) groups excluding carboxylic acids is 6. The molecule has 592 valence electrons. The summed E-state index contributed by atoms with van der Waals surface area (Å²) in [7, 11) is -20.4. The number of epoxide rings is 2. The molecule has 0 bridgehead atoms. The van der Waals surface area contributed by atoms with Crippen molar-refractivity contribution in [3.63, 3.8) is 0 Å². The van der Waals surface area contributed by atoms with Crippen LogP contribution in [0.2, 0.25) is 130 Å². The zero-order valence-electron chi connectivity index (χ0n) is 67.2. The Kier molecular flexibility index (Phi) is 43.5. The van der Waals surface area contributed by atoms with Crippen molar-refractivity contribution in [2.45, 2.75) is 230 Å². The van der Waals surface area contributed by atoms with Crippen LogP contribution < -0.4 is 0 Å². The van der Waals surface area contributed by atoms with Crippen molar-refractivity contribution in [2.24, 2.45) is 16.2 Å². The summed E-state index contributed by atoms with van der Waals surface area (Å²) in [4.78, 5) is 75.2. The number of ether oxygens (including phenoxy) is 8. The molecule has 2 fully saturated rings. The summed E-state index contributed by atoms with van der Waals surface area (Å²) < 4.78 is 130. The minimum Gasteiger partial charge on any atom is -0.465 e. The van der Waals surface area contributed by atoms with Crippen molar-refractivity contribution in [3.05, 3.63) is 36.5 Å². The molecule has 5 atom stereocenters. The summed E-state index contributed by atoms with van der Waals surface area (Å²) in [6.45, 7) is 64.0. The highest BCUT2D eigenvalue weighted by Gasteiger charge is 2.54. The van der Waals surface area contributed by atoms with Gasteiger partial charge in [0, 0.05) is 57.2 Å². The highest BCUT2D eigenvalue weighted by atomic mass is 31.2. The molecular weight excluding hydrogens is 1490 g/mol. The number of hydrogen-bond acceptors (Lipinski definition) is 27. The Morgan fingerprint density at radius 1 is 0.426 bits per heavy atom. The maximum atomic E-state index is 14.5. The van der Waals surface area contributed by atoms with Gasteiger partial charge in [-0.15, -0.1) is 0 Å². The summed E-state index contributed by atoms with van der Waals surface area (Å²) in [5.41, 5.74) is -2.46. The number of rotatable bonds is 46. The molecule has 0 aliphatic carbocycles. The van der Waals surface area contributed by atoms with Gasteiger partial charge in [-0.1, -0.05) is 40.0 Å². The quantitative estimate of drug-likeness (QED) is 0.0104. The molecule has 0 N–H and O–H groups in total. The zero-order chi connectivity index (χ0) is 79.3. The molecular formula is C64H132O27P2Si8. The number of hydrogen-bond donors (Lipinski definition) is 0. The van der Waals surface area contributed by atoms with E-state index in [1.54, 1.807) is 34.6 Å². The van der Waals surface area contributed by atoms with Gasteiger partial charge < -0.3 is 71.6 Å². The third-order valence-corrected chi connectivity index (χ3v) is 40.5. The van der Waals surface area contributed by atoms with Gasteiger partial charge in [0.05, 0.1) is 55.4 Å². The smallest absolute Gasteiger partial charge is 0.465 e. The molecule has 0 aromatic carbocycles. The molecule has 0 saturated carbocycles. The van der Waals surface area contributed by atoms with Gasteiger partial charge in [-0.2, -0.15) is 0 Å². The van der Waals surface area contributed by atoms with Crippen LogP contribution in [-0.2, 0) is 123 Å². The van der Waals surface area contributed by atoms with Gasteiger partial charge >= 0.3 is 68.8 Å². The Labute approximate surface area is 614 Å². The molecule has 2 aliphatic heterocycles. The Bertz CT molecular complexity index is 2650. The number of carbonyl (C=O) groups is 6. The maximum Gasteiger partial charge on any atom is 0.474 e. The van der Waals surface area contributed by atoms with E-state index >= 15 is 0 Å².